The van der Waals surface area contributed by atoms with Gasteiger partial charge in [-0.25, -0.2) is 12.7 Å². The largest absolute Gasteiger partial charge is 2.00 e. The summed E-state index contributed by atoms with van der Waals surface area (Å²) in [6.45, 7) is 5.39. The molecule has 0 heterocycles. The first kappa shape index (κ1) is 15.9. The summed E-state index contributed by atoms with van der Waals surface area (Å²) in [6, 6.07) is 0. The molecular weight excluding hydrogens is 178 g/mol. The van der Waals surface area contributed by atoms with E-state index in [4.69, 9.17) is 0 Å². The molecule has 0 aromatic rings. The number of nitrogens with zero attached hydrogens (tertiary/aromatic N) is 1. The van der Waals surface area contributed by atoms with Gasteiger partial charge in [0.25, 0.3) is 0 Å². The van der Waals surface area contributed by atoms with Crippen LogP contribution in [-0.4, -0.2) is 42.0 Å². The number of halogens is 1. The Hall–Kier alpha value is 0.816. The third-order valence-electron chi connectivity index (χ3n) is 0.404. The van der Waals surface area contributed by atoms with Gasteiger partial charge in [0.15, 0.2) is 0 Å². The monoisotopic (exact) mass is 187 g/mol. The third kappa shape index (κ3) is 15.8. The Bertz CT molecular complexity index is 47.7. The number of rotatable bonds is 2. The SMILES string of the molecule is C=C[CH-]N(C)C.[Br-].[Mg+2]. The smallest absolute Gasteiger partial charge is 1.00 e. The minimum absolute atomic E-state index is 0. The minimum Gasteiger partial charge on any atom is -1.00 e. The summed E-state index contributed by atoms with van der Waals surface area (Å²) in [6.07, 6.45) is 1.75. The molecule has 0 spiro atoms. The van der Waals surface area contributed by atoms with Gasteiger partial charge in [-0.3, -0.25) is 0 Å². The molecule has 44 valence electrons. The van der Waals surface area contributed by atoms with Crippen LogP contribution in [0.5, 0.6) is 0 Å². The zero-order valence-corrected chi connectivity index (χ0v) is 8.39. The molecule has 0 N–H and O–H groups in total. The van der Waals surface area contributed by atoms with Crippen molar-refractivity contribution in [2.75, 3.05) is 14.1 Å². The van der Waals surface area contributed by atoms with Gasteiger partial charge in [0, 0.05) is 0 Å². The maximum Gasteiger partial charge on any atom is 2.00 e. The molecule has 0 saturated carbocycles. The van der Waals surface area contributed by atoms with Gasteiger partial charge < -0.3 is 21.9 Å². The molecular formula is C5H10BrMgN. The predicted molar refractivity (Wildman–Crippen MR) is 33.9 cm³/mol. The predicted octanol–water partition coefficient (Wildman–Crippen LogP) is -2.48. The van der Waals surface area contributed by atoms with E-state index in [0.717, 1.165) is 0 Å². The molecule has 0 aromatic carbocycles. The first-order chi connectivity index (χ1) is 2.77. The van der Waals surface area contributed by atoms with Crippen molar-refractivity contribution < 1.29 is 17.0 Å². The van der Waals surface area contributed by atoms with E-state index in [0.29, 0.717) is 0 Å². The summed E-state index contributed by atoms with van der Waals surface area (Å²) >= 11 is 0. The van der Waals surface area contributed by atoms with E-state index in [1.807, 2.05) is 25.5 Å². The molecule has 0 saturated heterocycles. The fraction of sp³-hybridized carbons (Fsp3) is 0.400. The van der Waals surface area contributed by atoms with E-state index in [-0.39, 0.29) is 40.0 Å². The number of likely N-dealkylation sites (N-methyl/N-ethyl adjacent to an activating group) is 1. The summed E-state index contributed by atoms with van der Waals surface area (Å²) in [5.41, 5.74) is 0. The van der Waals surface area contributed by atoms with Crippen molar-refractivity contribution in [3.63, 3.8) is 0 Å². The second-order valence-corrected chi connectivity index (χ2v) is 1.35. The first-order valence-corrected chi connectivity index (χ1v) is 1.89. The van der Waals surface area contributed by atoms with Gasteiger partial charge in [0.1, 0.15) is 0 Å². The normalized spacial score (nSPS) is 6.38. The molecule has 3 heteroatoms. The Balaban J connectivity index is -0.000000125. The standard InChI is InChI=1S/C5H10N.BrH.Mg/c1-4-5-6(2)3;;/h4-5H,1H2,2-3H3;1H;/q-1;;+2/p-1. The average molecular weight is 188 g/mol. The van der Waals surface area contributed by atoms with Crippen molar-refractivity contribution in [3.8, 4) is 0 Å². The van der Waals surface area contributed by atoms with E-state index in [1.165, 1.54) is 0 Å². The number of hydrogen-bond acceptors (Lipinski definition) is 1. The molecule has 0 aromatic heterocycles. The van der Waals surface area contributed by atoms with Gasteiger partial charge in [-0.2, -0.15) is 6.54 Å². The third-order valence-corrected chi connectivity index (χ3v) is 0.404. The van der Waals surface area contributed by atoms with E-state index in [1.54, 1.807) is 6.08 Å². The molecule has 0 rings (SSSR count). The maximum atomic E-state index is 3.50. The molecule has 0 aliphatic rings. The van der Waals surface area contributed by atoms with Crippen molar-refractivity contribution >= 4 is 23.1 Å². The van der Waals surface area contributed by atoms with Crippen LogP contribution in [0.15, 0.2) is 12.7 Å². The molecule has 0 bridgehead atoms. The maximum absolute atomic E-state index is 3.50. The number of hydrogen-bond donors (Lipinski definition) is 0. The summed E-state index contributed by atoms with van der Waals surface area (Å²) in [7, 11) is 3.92. The van der Waals surface area contributed by atoms with Gasteiger partial charge in [0.05, 0.1) is 0 Å². The van der Waals surface area contributed by atoms with Crippen molar-refractivity contribution in [3.05, 3.63) is 19.2 Å². The summed E-state index contributed by atoms with van der Waals surface area (Å²) in [5.74, 6) is 0. The van der Waals surface area contributed by atoms with Crippen LogP contribution < -0.4 is 17.0 Å². The molecule has 0 unspecified atom stereocenters. The second-order valence-electron chi connectivity index (χ2n) is 1.35. The van der Waals surface area contributed by atoms with Crippen LogP contribution in [0.1, 0.15) is 0 Å². The van der Waals surface area contributed by atoms with Crippen LogP contribution in [0.2, 0.25) is 0 Å². The fourth-order valence-electron chi connectivity index (χ4n) is 0.211. The molecule has 0 amide bonds. The Labute approximate surface area is 78.1 Å². The molecule has 0 fully saturated rings. The van der Waals surface area contributed by atoms with Crippen molar-refractivity contribution in [1.29, 1.82) is 0 Å². The van der Waals surface area contributed by atoms with Gasteiger partial charge in [0.2, 0.25) is 0 Å². The molecule has 1 nitrogen and oxygen atoms in total. The Morgan fingerprint density at radius 1 is 1.50 bits per heavy atom. The van der Waals surface area contributed by atoms with Gasteiger partial charge in [-0.15, -0.1) is 0 Å². The van der Waals surface area contributed by atoms with Crippen LogP contribution in [0.3, 0.4) is 0 Å². The topological polar surface area (TPSA) is 3.24 Å². The minimum atomic E-state index is 0. The van der Waals surface area contributed by atoms with Gasteiger partial charge >= 0.3 is 23.1 Å². The van der Waals surface area contributed by atoms with Gasteiger partial charge in [-0.1, -0.05) is 0 Å². The summed E-state index contributed by atoms with van der Waals surface area (Å²) < 4.78 is 0. The zero-order chi connectivity index (χ0) is 4.99. The van der Waals surface area contributed by atoms with Crippen LogP contribution in [0.25, 0.3) is 0 Å². The van der Waals surface area contributed by atoms with Crippen LogP contribution in [0, 0.1) is 6.54 Å². The molecule has 0 radical (unpaired) electrons. The van der Waals surface area contributed by atoms with E-state index >= 15 is 0 Å². The first-order valence-electron chi connectivity index (χ1n) is 1.89. The molecule has 0 atom stereocenters. The summed E-state index contributed by atoms with van der Waals surface area (Å²) in [5, 5.41) is 0. The van der Waals surface area contributed by atoms with E-state index < -0.39 is 0 Å². The van der Waals surface area contributed by atoms with Crippen molar-refractivity contribution in [2.45, 2.75) is 0 Å². The Kier molecular flexibility index (Phi) is 21.4. The quantitative estimate of drug-likeness (QED) is 0.343. The molecule has 0 aliphatic carbocycles. The molecule has 0 aliphatic heterocycles. The van der Waals surface area contributed by atoms with E-state index in [2.05, 4.69) is 6.58 Å². The van der Waals surface area contributed by atoms with E-state index in [9.17, 15) is 0 Å². The average Bonchev–Trinajstić information content (AvgIpc) is 1.35. The van der Waals surface area contributed by atoms with Crippen LogP contribution >= 0.6 is 0 Å². The fourth-order valence-corrected chi connectivity index (χ4v) is 0.211. The Morgan fingerprint density at radius 2 is 1.88 bits per heavy atom. The van der Waals surface area contributed by atoms with Crippen molar-refractivity contribution in [1.82, 2.24) is 4.90 Å². The van der Waals surface area contributed by atoms with Gasteiger partial charge in [-0.05, 0) is 14.1 Å². The second kappa shape index (κ2) is 10.7. The van der Waals surface area contributed by atoms with Crippen LogP contribution in [0.4, 0.5) is 0 Å². The summed E-state index contributed by atoms with van der Waals surface area (Å²) in [4.78, 5) is 1.94. The Morgan fingerprint density at radius 3 is 1.88 bits per heavy atom. The van der Waals surface area contributed by atoms with Crippen LogP contribution in [-0.2, 0) is 0 Å². The zero-order valence-electron chi connectivity index (χ0n) is 5.39. The molecule has 8 heavy (non-hydrogen) atoms. The van der Waals surface area contributed by atoms with Crippen molar-refractivity contribution in [2.24, 2.45) is 0 Å².